The molecule has 0 saturated heterocycles. The van der Waals surface area contributed by atoms with Gasteiger partial charge < -0.3 is 14.6 Å². The third-order valence-electron chi connectivity index (χ3n) is 3.18. The summed E-state index contributed by atoms with van der Waals surface area (Å²) in [4.78, 5) is 12.2. The van der Waals surface area contributed by atoms with Crippen LogP contribution in [0.2, 0.25) is 5.02 Å². The van der Waals surface area contributed by atoms with Gasteiger partial charge in [0.05, 0.1) is 7.11 Å². The lowest BCUT2D eigenvalue weighted by Gasteiger charge is -2.02. The zero-order chi connectivity index (χ0) is 16.2. The van der Waals surface area contributed by atoms with Crippen molar-refractivity contribution in [1.82, 2.24) is 5.16 Å². The summed E-state index contributed by atoms with van der Waals surface area (Å²) in [5.74, 6) is 0.814. The Morgan fingerprint density at radius 1 is 1.17 bits per heavy atom. The molecule has 0 unspecified atom stereocenters. The average molecular weight is 329 g/mol. The van der Waals surface area contributed by atoms with Crippen LogP contribution in [0.15, 0.2) is 59.1 Å². The Morgan fingerprint density at radius 2 is 2.00 bits per heavy atom. The van der Waals surface area contributed by atoms with Crippen molar-refractivity contribution >= 4 is 23.2 Å². The van der Waals surface area contributed by atoms with Crippen molar-refractivity contribution in [1.29, 1.82) is 0 Å². The number of hydrogen-bond acceptors (Lipinski definition) is 4. The molecule has 3 aromatic rings. The standard InChI is InChI=1S/C17H13ClN2O3/c1-22-14-7-2-4-11(8-14)16-10-15(20-23-16)17(21)19-13-6-3-5-12(18)9-13/h2-10H,1H3,(H,19,21). The highest BCUT2D eigenvalue weighted by molar-refractivity contribution is 6.30. The number of rotatable bonds is 4. The van der Waals surface area contributed by atoms with Gasteiger partial charge in [-0.25, -0.2) is 0 Å². The molecule has 1 amide bonds. The van der Waals surface area contributed by atoms with Gasteiger partial charge >= 0.3 is 0 Å². The highest BCUT2D eigenvalue weighted by atomic mass is 35.5. The molecule has 0 atom stereocenters. The zero-order valence-corrected chi connectivity index (χ0v) is 13.0. The van der Waals surface area contributed by atoms with E-state index in [9.17, 15) is 4.79 Å². The van der Waals surface area contributed by atoms with Crippen molar-refractivity contribution in [2.24, 2.45) is 0 Å². The van der Waals surface area contributed by atoms with Crippen LogP contribution in [-0.4, -0.2) is 18.2 Å². The summed E-state index contributed by atoms with van der Waals surface area (Å²) in [6.45, 7) is 0. The van der Waals surface area contributed by atoms with Gasteiger partial charge in [0.25, 0.3) is 5.91 Å². The Kier molecular flexibility index (Phi) is 4.30. The van der Waals surface area contributed by atoms with E-state index in [0.29, 0.717) is 22.2 Å². The lowest BCUT2D eigenvalue weighted by atomic mass is 10.1. The van der Waals surface area contributed by atoms with Gasteiger partial charge in [0.2, 0.25) is 0 Å². The molecule has 0 aliphatic carbocycles. The van der Waals surface area contributed by atoms with Crippen LogP contribution in [0.4, 0.5) is 5.69 Å². The largest absolute Gasteiger partial charge is 0.497 e. The topological polar surface area (TPSA) is 64.4 Å². The molecule has 6 heteroatoms. The van der Waals surface area contributed by atoms with E-state index in [1.165, 1.54) is 0 Å². The molecule has 1 aromatic heterocycles. The van der Waals surface area contributed by atoms with Crippen molar-refractivity contribution in [2.45, 2.75) is 0 Å². The first-order valence-corrected chi connectivity index (χ1v) is 7.21. The van der Waals surface area contributed by atoms with Gasteiger partial charge in [0.15, 0.2) is 11.5 Å². The van der Waals surface area contributed by atoms with Crippen LogP contribution in [0.3, 0.4) is 0 Å². The summed E-state index contributed by atoms with van der Waals surface area (Å²) in [6.07, 6.45) is 0. The summed E-state index contributed by atoms with van der Waals surface area (Å²) >= 11 is 5.89. The van der Waals surface area contributed by atoms with Crippen molar-refractivity contribution in [2.75, 3.05) is 12.4 Å². The number of hydrogen-bond donors (Lipinski definition) is 1. The number of ether oxygens (including phenoxy) is 1. The van der Waals surface area contributed by atoms with Gasteiger partial charge in [-0.15, -0.1) is 0 Å². The molecular weight excluding hydrogens is 316 g/mol. The third kappa shape index (κ3) is 3.52. The molecule has 0 saturated carbocycles. The number of nitrogens with one attached hydrogen (secondary N) is 1. The monoisotopic (exact) mass is 328 g/mol. The van der Waals surface area contributed by atoms with Gasteiger partial charge in [-0.05, 0) is 30.3 Å². The highest BCUT2D eigenvalue weighted by Gasteiger charge is 2.14. The number of aromatic nitrogens is 1. The van der Waals surface area contributed by atoms with E-state index in [1.807, 2.05) is 18.2 Å². The summed E-state index contributed by atoms with van der Waals surface area (Å²) in [7, 11) is 1.59. The fourth-order valence-electron chi connectivity index (χ4n) is 2.06. The quantitative estimate of drug-likeness (QED) is 0.777. The number of carbonyl (C=O) groups excluding carboxylic acids is 1. The maximum absolute atomic E-state index is 12.2. The zero-order valence-electron chi connectivity index (χ0n) is 12.2. The van der Waals surface area contributed by atoms with E-state index in [-0.39, 0.29) is 11.6 Å². The number of halogens is 1. The van der Waals surface area contributed by atoms with E-state index in [0.717, 1.165) is 5.56 Å². The fraction of sp³-hybridized carbons (Fsp3) is 0.0588. The van der Waals surface area contributed by atoms with Crippen LogP contribution in [0, 0.1) is 0 Å². The summed E-state index contributed by atoms with van der Waals surface area (Å²) in [5.41, 5.74) is 1.55. The predicted molar refractivity (Wildman–Crippen MR) is 87.9 cm³/mol. The fourth-order valence-corrected chi connectivity index (χ4v) is 2.25. The molecule has 0 aliphatic heterocycles. The van der Waals surface area contributed by atoms with E-state index in [1.54, 1.807) is 43.5 Å². The molecule has 0 aliphatic rings. The molecule has 1 heterocycles. The molecule has 0 bridgehead atoms. The van der Waals surface area contributed by atoms with Gasteiger partial charge in [-0.3, -0.25) is 4.79 Å². The van der Waals surface area contributed by atoms with Gasteiger partial charge in [-0.2, -0.15) is 0 Å². The van der Waals surface area contributed by atoms with Crippen LogP contribution in [0.25, 0.3) is 11.3 Å². The van der Waals surface area contributed by atoms with Crippen molar-refractivity contribution in [3.05, 3.63) is 65.3 Å². The van der Waals surface area contributed by atoms with Crippen LogP contribution in [0.5, 0.6) is 5.75 Å². The van der Waals surface area contributed by atoms with E-state index >= 15 is 0 Å². The molecule has 5 nitrogen and oxygen atoms in total. The molecule has 3 rings (SSSR count). The summed E-state index contributed by atoms with van der Waals surface area (Å²) in [5, 5.41) is 7.06. The third-order valence-corrected chi connectivity index (χ3v) is 3.41. The normalized spacial score (nSPS) is 10.3. The minimum Gasteiger partial charge on any atom is -0.497 e. The number of benzene rings is 2. The lowest BCUT2D eigenvalue weighted by molar-refractivity contribution is 0.101. The smallest absolute Gasteiger partial charge is 0.277 e. The summed E-state index contributed by atoms with van der Waals surface area (Å²) in [6, 6.07) is 15.8. The van der Waals surface area contributed by atoms with Crippen LogP contribution >= 0.6 is 11.6 Å². The first-order chi connectivity index (χ1) is 11.2. The Bertz CT molecular complexity index is 845. The number of methoxy groups -OCH3 is 1. The number of amides is 1. The van der Waals surface area contributed by atoms with Gasteiger partial charge in [0.1, 0.15) is 5.75 Å². The Balaban J connectivity index is 1.79. The molecule has 0 radical (unpaired) electrons. The molecular formula is C17H13ClN2O3. The highest BCUT2D eigenvalue weighted by Crippen LogP contribution is 2.25. The van der Waals surface area contributed by atoms with E-state index < -0.39 is 0 Å². The van der Waals surface area contributed by atoms with Crippen molar-refractivity contribution in [3.63, 3.8) is 0 Å². The first-order valence-electron chi connectivity index (χ1n) is 6.84. The Morgan fingerprint density at radius 3 is 2.78 bits per heavy atom. The van der Waals surface area contributed by atoms with E-state index in [4.69, 9.17) is 20.9 Å². The number of nitrogens with zero attached hydrogens (tertiary/aromatic N) is 1. The molecule has 2 aromatic carbocycles. The van der Waals surface area contributed by atoms with Gasteiger partial charge in [0, 0.05) is 22.3 Å². The Hall–Kier alpha value is -2.79. The minimum atomic E-state index is -0.370. The maximum atomic E-state index is 12.2. The van der Waals surface area contributed by atoms with Crippen LogP contribution in [-0.2, 0) is 0 Å². The molecule has 0 spiro atoms. The SMILES string of the molecule is COc1cccc(-c2cc(C(=O)Nc3cccc(Cl)c3)no2)c1. The minimum absolute atomic E-state index is 0.183. The van der Waals surface area contributed by atoms with Crippen LogP contribution < -0.4 is 10.1 Å². The molecule has 1 N–H and O–H groups in total. The maximum Gasteiger partial charge on any atom is 0.277 e. The Labute approximate surface area is 137 Å². The molecule has 116 valence electrons. The molecule has 23 heavy (non-hydrogen) atoms. The van der Waals surface area contributed by atoms with Crippen molar-refractivity contribution < 1.29 is 14.1 Å². The second kappa shape index (κ2) is 6.54. The average Bonchev–Trinajstić information content (AvgIpc) is 3.05. The predicted octanol–water partition coefficient (Wildman–Crippen LogP) is 4.26. The van der Waals surface area contributed by atoms with Gasteiger partial charge in [-0.1, -0.05) is 35.0 Å². The van der Waals surface area contributed by atoms with Crippen LogP contribution in [0.1, 0.15) is 10.5 Å². The number of anilines is 1. The molecule has 0 fully saturated rings. The summed E-state index contributed by atoms with van der Waals surface area (Å²) < 4.78 is 10.4. The number of carbonyl (C=O) groups is 1. The second-order valence-electron chi connectivity index (χ2n) is 4.77. The second-order valence-corrected chi connectivity index (χ2v) is 5.21. The first kappa shape index (κ1) is 15.1. The lowest BCUT2D eigenvalue weighted by Crippen LogP contribution is -2.11. The van der Waals surface area contributed by atoms with Crippen molar-refractivity contribution in [3.8, 4) is 17.1 Å². The van der Waals surface area contributed by atoms with E-state index in [2.05, 4.69) is 10.5 Å².